The minimum atomic E-state index is -0.148. The van der Waals surface area contributed by atoms with Gasteiger partial charge < -0.3 is 10.6 Å². The van der Waals surface area contributed by atoms with E-state index in [-0.39, 0.29) is 11.2 Å². The van der Waals surface area contributed by atoms with E-state index in [9.17, 15) is 4.79 Å². The van der Waals surface area contributed by atoms with Crippen LogP contribution in [0.15, 0.2) is 30.5 Å². The molecule has 1 atom stereocenters. The van der Waals surface area contributed by atoms with Crippen LogP contribution in [0, 0.1) is 0 Å². The highest BCUT2D eigenvalue weighted by Gasteiger charge is 2.19. The maximum atomic E-state index is 12.4. The molecule has 1 amide bonds. The number of carbonyl (C=O) groups excluding carboxylic acids is 1. The number of anilines is 2. The average molecular weight is 351 g/mol. The summed E-state index contributed by atoms with van der Waals surface area (Å²) < 4.78 is 1.89. The van der Waals surface area contributed by atoms with Crippen LogP contribution in [0.5, 0.6) is 0 Å². The van der Waals surface area contributed by atoms with E-state index in [4.69, 9.17) is 11.6 Å². The quantitative estimate of drug-likeness (QED) is 0.864. The van der Waals surface area contributed by atoms with Gasteiger partial charge in [-0.2, -0.15) is 5.10 Å². The molecule has 2 aromatic rings. The van der Waals surface area contributed by atoms with Gasteiger partial charge in [-0.1, -0.05) is 23.7 Å². The molecule has 122 valence electrons. The van der Waals surface area contributed by atoms with Crippen molar-refractivity contribution in [1.82, 2.24) is 9.78 Å². The van der Waals surface area contributed by atoms with Gasteiger partial charge in [-0.25, -0.2) is 4.68 Å². The lowest BCUT2D eigenvalue weighted by Gasteiger charge is -2.18. The minimum Gasteiger partial charge on any atom is -0.368 e. The molecule has 0 spiro atoms. The number of carbonyl (C=O) groups is 1. The molecule has 0 radical (unpaired) electrons. The van der Waals surface area contributed by atoms with Crippen LogP contribution in [-0.2, 0) is 17.1 Å². The van der Waals surface area contributed by atoms with E-state index in [0.29, 0.717) is 0 Å². The SMILES string of the molecule is CC(SCc1ccc(Cl)cc1)C(=O)Nc1cnn2c1NCCC2. The van der Waals surface area contributed by atoms with Gasteiger partial charge in [-0.15, -0.1) is 11.8 Å². The highest BCUT2D eigenvalue weighted by atomic mass is 35.5. The number of hydrogen-bond donors (Lipinski definition) is 2. The lowest BCUT2D eigenvalue weighted by molar-refractivity contribution is -0.115. The van der Waals surface area contributed by atoms with Crippen LogP contribution in [0.2, 0.25) is 5.02 Å². The molecule has 7 heteroatoms. The fourth-order valence-electron chi connectivity index (χ4n) is 2.38. The number of thioether (sulfide) groups is 1. The topological polar surface area (TPSA) is 59.0 Å². The third-order valence-corrected chi connectivity index (χ3v) is 5.18. The molecule has 2 heterocycles. The van der Waals surface area contributed by atoms with E-state index in [1.807, 2.05) is 35.9 Å². The highest BCUT2D eigenvalue weighted by molar-refractivity contribution is 7.99. The summed E-state index contributed by atoms with van der Waals surface area (Å²) in [4.78, 5) is 12.4. The Hall–Kier alpha value is -1.66. The molecule has 0 saturated heterocycles. The second-order valence-corrected chi connectivity index (χ2v) is 7.24. The first-order valence-corrected chi connectivity index (χ1v) is 9.03. The number of rotatable bonds is 5. The Balaban J connectivity index is 1.55. The lowest BCUT2D eigenvalue weighted by Crippen LogP contribution is -2.24. The minimum absolute atomic E-state index is 0.00728. The first kappa shape index (κ1) is 16.2. The van der Waals surface area contributed by atoms with E-state index >= 15 is 0 Å². The summed E-state index contributed by atoms with van der Waals surface area (Å²) in [5, 5.41) is 11.1. The number of aryl methyl sites for hydroxylation is 1. The molecule has 3 rings (SSSR count). The van der Waals surface area contributed by atoms with Gasteiger partial charge in [0.2, 0.25) is 5.91 Å². The molecule has 23 heavy (non-hydrogen) atoms. The predicted molar refractivity (Wildman–Crippen MR) is 96.2 cm³/mol. The molecule has 1 aromatic heterocycles. The van der Waals surface area contributed by atoms with Gasteiger partial charge in [0.15, 0.2) is 0 Å². The molecule has 1 unspecified atom stereocenters. The summed E-state index contributed by atoms with van der Waals surface area (Å²) in [5.74, 6) is 1.67. The lowest BCUT2D eigenvalue weighted by atomic mass is 10.2. The molecule has 0 aliphatic carbocycles. The maximum Gasteiger partial charge on any atom is 0.237 e. The fraction of sp³-hybridized carbons (Fsp3) is 0.375. The van der Waals surface area contributed by atoms with Crippen molar-refractivity contribution in [2.24, 2.45) is 0 Å². The molecule has 1 aliphatic rings. The number of nitrogens with zero attached hydrogens (tertiary/aromatic N) is 2. The number of amides is 1. The van der Waals surface area contributed by atoms with Crippen LogP contribution in [0.25, 0.3) is 0 Å². The van der Waals surface area contributed by atoms with Crippen molar-refractivity contribution in [2.75, 3.05) is 17.2 Å². The van der Waals surface area contributed by atoms with Crippen molar-refractivity contribution in [3.8, 4) is 0 Å². The molecular formula is C16H19ClN4OS. The summed E-state index contributed by atoms with van der Waals surface area (Å²) in [6.45, 7) is 3.72. The van der Waals surface area contributed by atoms with Crippen molar-refractivity contribution < 1.29 is 4.79 Å². The number of nitrogens with one attached hydrogen (secondary N) is 2. The Morgan fingerprint density at radius 3 is 3.04 bits per heavy atom. The number of aromatic nitrogens is 2. The number of hydrogen-bond acceptors (Lipinski definition) is 4. The van der Waals surface area contributed by atoms with Crippen LogP contribution in [0.4, 0.5) is 11.5 Å². The van der Waals surface area contributed by atoms with Gasteiger partial charge in [0.1, 0.15) is 11.5 Å². The largest absolute Gasteiger partial charge is 0.368 e. The fourth-order valence-corrected chi connectivity index (χ4v) is 3.35. The average Bonchev–Trinajstić information content (AvgIpc) is 2.97. The summed E-state index contributed by atoms with van der Waals surface area (Å²) in [6.07, 6.45) is 2.76. The van der Waals surface area contributed by atoms with Crippen LogP contribution < -0.4 is 10.6 Å². The molecule has 5 nitrogen and oxygen atoms in total. The van der Waals surface area contributed by atoms with Crippen molar-refractivity contribution in [3.63, 3.8) is 0 Å². The first-order chi connectivity index (χ1) is 11.1. The van der Waals surface area contributed by atoms with Gasteiger partial charge in [-0.05, 0) is 31.0 Å². The van der Waals surface area contributed by atoms with Crippen LogP contribution in [0.3, 0.4) is 0 Å². The third kappa shape index (κ3) is 4.00. The number of halogens is 1. The Morgan fingerprint density at radius 2 is 2.26 bits per heavy atom. The Labute approximate surface area is 144 Å². The maximum absolute atomic E-state index is 12.4. The van der Waals surface area contributed by atoms with Crippen molar-refractivity contribution in [3.05, 3.63) is 41.0 Å². The van der Waals surface area contributed by atoms with Gasteiger partial charge in [0, 0.05) is 23.9 Å². The first-order valence-electron chi connectivity index (χ1n) is 7.60. The molecule has 0 fully saturated rings. The third-order valence-electron chi connectivity index (χ3n) is 3.72. The molecule has 1 aliphatic heterocycles. The van der Waals surface area contributed by atoms with Crippen LogP contribution in [0.1, 0.15) is 18.9 Å². The van der Waals surface area contributed by atoms with E-state index in [0.717, 1.165) is 47.4 Å². The second kappa shape index (κ2) is 7.27. The van der Waals surface area contributed by atoms with Gasteiger partial charge in [0.05, 0.1) is 11.4 Å². The Bertz CT molecular complexity index is 686. The normalized spacial score (nSPS) is 14.7. The monoisotopic (exact) mass is 350 g/mol. The Morgan fingerprint density at radius 1 is 1.48 bits per heavy atom. The van der Waals surface area contributed by atoms with Gasteiger partial charge in [0.25, 0.3) is 0 Å². The summed E-state index contributed by atoms with van der Waals surface area (Å²) in [7, 11) is 0. The van der Waals surface area contributed by atoms with Gasteiger partial charge in [-0.3, -0.25) is 4.79 Å². The molecular weight excluding hydrogens is 332 g/mol. The Kier molecular flexibility index (Phi) is 5.13. The second-order valence-electron chi connectivity index (χ2n) is 5.48. The van der Waals surface area contributed by atoms with E-state index in [1.54, 1.807) is 18.0 Å². The van der Waals surface area contributed by atoms with E-state index in [1.165, 1.54) is 0 Å². The summed E-state index contributed by atoms with van der Waals surface area (Å²) in [6, 6.07) is 7.70. The predicted octanol–water partition coefficient (Wildman–Crippen LogP) is 3.61. The molecule has 0 bridgehead atoms. The zero-order valence-electron chi connectivity index (χ0n) is 12.9. The standard InChI is InChI=1S/C16H19ClN4OS/c1-11(23-10-12-3-5-13(17)6-4-12)16(22)20-14-9-19-21-8-2-7-18-15(14)21/h3-6,9,11,18H,2,7-8,10H2,1H3,(H,20,22). The van der Waals surface area contributed by atoms with Gasteiger partial charge >= 0.3 is 0 Å². The molecule has 1 aromatic carbocycles. The smallest absolute Gasteiger partial charge is 0.237 e. The zero-order chi connectivity index (χ0) is 16.2. The molecule has 0 saturated carbocycles. The van der Waals surface area contributed by atoms with Crippen molar-refractivity contribution >= 4 is 40.8 Å². The summed E-state index contributed by atoms with van der Waals surface area (Å²) >= 11 is 7.48. The van der Waals surface area contributed by atoms with E-state index < -0.39 is 0 Å². The zero-order valence-corrected chi connectivity index (χ0v) is 14.5. The highest BCUT2D eigenvalue weighted by Crippen LogP contribution is 2.26. The van der Waals surface area contributed by atoms with Crippen LogP contribution >= 0.6 is 23.4 Å². The summed E-state index contributed by atoms with van der Waals surface area (Å²) in [5.41, 5.74) is 1.91. The number of benzene rings is 1. The molecule has 2 N–H and O–H groups in total. The van der Waals surface area contributed by atoms with E-state index in [2.05, 4.69) is 15.7 Å². The number of fused-ring (bicyclic) bond motifs is 1. The van der Waals surface area contributed by atoms with Crippen LogP contribution in [-0.4, -0.2) is 27.5 Å². The van der Waals surface area contributed by atoms with Crippen molar-refractivity contribution in [1.29, 1.82) is 0 Å². The van der Waals surface area contributed by atoms with Crippen molar-refractivity contribution in [2.45, 2.75) is 30.9 Å².